The molecule has 0 unspecified atom stereocenters. The number of thiocarbonyl (C=S) groups is 1. The van der Waals surface area contributed by atoms with E-state index in [1.807, 2.05) is 48.5 Å². The van der Waals surface area contributed by atoms with Gasteiger partial charge < -0.3 is 10.6 Å². The quantitative estimate of drug-likeness (QED) is 0.807. The molecule has 0 saturated heterocycles. The average molecular weight is 342 g/mol. The number of benzene rings is 2. The summed E-state index contributed by atoms with van der Waals surface area (Å²) in [5, 5.41) is 17.0. The third-order valence-electron chi connectivity index (χ3n) is 3.74. The Morgan fingerprint density at radius 3 is 2.57 bits per heavy atom. The van der Waals surface area contributed by atoms with E-state index in [1.165, 1.54) is 12.8 Å². The molecule has 116 valence electrons. The molecule has 0 spiro atoms. The molecule has 0 heterocycles. The molecule has 1 aliphatic carbocycles. The molecule has 1 aliphatic rings. The first-order valence-electron chi connectivity index (χ1n) is 7.49. The maximum Gasteiger partial charge on any atom is 0.170 e. The second-order valence-electron chi connectivity index (χ2n) is 5.58. The third kappa shape index (κ3) is 4.01. The smallest absolute Gasteiger partial charge is 0.170 e. The van der Waals surface area contributed by atoms with Crippen LogP contribution in [0.5, 0.6) is 0 Å². The number of nitrogens with zero attached hydrogens (tertiary/aromatic N) is 1. The molecule has 3 nitrogen and oxygen atoms in total. The van der Waals surface area contributed by atoms with Crippen molar-refractivity contribution in [3.05, 3.63) is 64.7 Å². The maximum atomic E-state index is 9.52. The second-order valence-corrected chi connectivity index (χ2v) is 6.40. The minimum Gasteiger partial charge on any atom is -0.360 e. The van der Waals surface area contributed by atoms with Crippen molar-refractivity contribution in [2.75, 3.05) is 5.32 Å². The van der Waals surface area contributed by atoms with Crippen LogP contribution in [0.15, 0.2) is 48.5 Å². The highest BCUT2D eigenvalue weighted by molar-refractivity contribution is 7.80. The van der Waals surface area contributed by atoms with Crippen molar-refractivity contribution in [1.29, 1.82) is 5.26 Å². The molecule has 5 heteroatoms. The first kappa shape index (κ1) is 15.8. The summed E-state index contributed by atoms with van der Waals surface area (Å²) < 4.78 is 0. The Labute approximate surface area is 146 Å². The lowest BCUT2D eigenvalue weighted by molar-refractivity contribution is 0.919. The zero-order valence-electron chi connectivity index (χ0n) is 12.4. The van der Waals surface area contributed by atoms with Gasteiger partial charge in [-0.3, -0.25) is 0 Å². The van der Waals surface area contributed by atoms with E-state index in [0.29, 0.717) is 16.2 Å². The number of anilines is 1. The maximum absolute atomic E-state index is 9.52. The van der Waals surface area contributed by atoms with Gasteiger partial charge in [-0.05, 0) is 48.3 Å². The zero-order chi connectivity index (χ0) is 16.2. The van der Waals surface area contributed by atoms with E-state index >= 15 is 0 Å². The first-order chi connectivity index (χ1) is 11.2. The van der Waals surface area contributed by atoms with Gasteiger partial charge in [0.1, 0.15) is 0 Å². The van der Waals surface area contributed by atoms with E-state index in [9.17, 15) is 5.26 Å². The predicted molar refractivity (Wildman–Crippen MR) is 97.7 cm³/mol. The van der Waals surface area contributed by atoms with Crippen LogP contribution in [-0.2, 0) is 0 Å². The van der Waals surface area contributed by atoms with E-state index in [0.717, 1.165) is 16.8 Å². The van der Waals surface area contributed by atoms with Crippen molar-refractivity contribution >= 4 is 34.6 Å². The van der Waals surface area contributed by atoms with Crippen LogP contribution >= 0.6 is 23.8 Å². The molecular formula is C18H16ClN3S. The number of nitriles is 1. The molecule has 2 aromatic carbocycles. The molecule has 2 N–H and O–H groups in total. The summed E-state index contributed by atoms with van der Waals surface area (Å²) in [5.41, 5.74) is 2.55. The zero-order valence-corrected chi connectivity index (χ0v) is 14.0. The fraction of sp³-hybridized carbons (Fsp3) is 0.222. The average Bonchev–Trinajstić information content (AvgIpc) is 3.35. The van der Waals surface area contributed by atoms with E-state index < -0.39 is 0 Å². The predicted octanol–water partition coefficient (Wildman–Crippen LogP) is 4.44. The highest BCUT2D eigenvalue weighted by Crippen LogP contribution is 2.31. The molecule has 1 fully saturated rings. The van der Waals surface area contributed by atoms with Gasteiger partial charge >= 0.3 is 0 Å². The van der Waals surface area contributed by atoms with Gasteiger partial charge in [-0.15, -0.1) is 0 Å². The molecule has 0 radical (unpaired) electrons. The van der Waals surface area contributed by atoms with Gasteiger partial charge in [0, 0.05) is 16.8 Å². The lowest BCUT2D eigenvalue weighted by atomic mass is 9.92. The monoisotopic (exact) mass is 341 g/mol. The number of hydrogen-bond acceptors (Lipinski definition) is 2. The number of rotatable bonds is 4. The lowest BCUT2D eigenvalue weighted by Gasteiger charge is -2.14. The highest BCUT2D eigenvalue weighted by Gasteiger charge is 2.22. The van der Waals surface area contributed by atoms with Crippen molar-refractivity contribution in [2.45, 2.75) is 24.8 Å². The molecule has 1 saturated carbocycles. The molecule has 0 aromatic heterocycles. The molecule has 2 aromatic rings. The first-order valence-corrected chi connectivity index (χ1v) is 8.27. The van der Waals surface area contributed by atoms with Gasteiger partial charge in [0.2, 0.25) is 0 Å². The molecule has 23 heavy (non-hydrogen) atoms. The van der Waals surface area contributed by atoms with Crippen LogP contribution in [0.1, 0.15) is 29.9 Å². The Hall–Kier alpha value is -2.09. The minimum absolute atomic E-state index is 0.380. The molecule has 0 amide bonds. The Bertz CT molecular complexity index is 751. The van der Waals surface area contributed by atoms with Crippen molar-refractivity contribution in [3.63, 3.8) is 0 Å². The van der Waals surface area contributed by atoms with Crippen LogP contribution in [0.3, 0.4) is 0 Å². The fourth-order valence-corrected chi connectivity index (χ4v) is 2.96. The minimum atomic E-state index is -0.380. The van der Waals surface area contributed by atoms with E-state index in [-0.39, 0.29) is 5.92 Å². The normalized spacial score (nSPS) is 14.6. The fourth-order valence-electron chi connectivity index (χ4n) is 2.39. The van der Waals surface area contributed by atoms with Crippen LogP contribution in [0, 0.1) is 11.3 Å². The summed E-state index contributed by atoms with van der Waals surface area (Å²) in [7, 11) is 0. The molecule has 3 rings (SSSR count). The summed E-state index contributed by atoms with van der Waals surface area (Å²) in [6.45, 7) is 0. The Morgan fingerprint density at radius 1 is 1.22 bits per heavy atom. The van der Waals surface area contributed by atoms with Gasteiger partial charge in [-0.1, -0.05) is 48.0 Å². The highest BCUT2D eigenvalue weighted by atomic mass is 35.5. The number of hydrogen-bond donors (Lipinski definition) is 2. The van der Waals surface area contributed by atoms with Gasteiger partial charge in [-0.2, -0.15) is 5.26 Å². The van der Waals surface area contributed by atoms with Crippen LogP contribution < -0.4 is 10.6 Å². The Balaban J connectivity index is 1.78. The van der Waals surface area contributed by atoms with Gasteiger partial charge in [0.25, 0.3) is 0 Å². The topological polar surface area (TPSA) is 47.9 Å². The second kappa shape index (κ2) is 6.99. The molecule has 1 atom stereocenters. The van der Waals surface area contributed by atoms with Crippen molar-refractivity contribution < 1.29 is 0 Å². The Kier molecular flexibility index (Phi) is 4.80. The van der Waals surface area contributed by atoms with Crippen molar-refractivity contribution in [3.8, 4) is 6.07 Å². The SMILES string of the molecule is N#C[C@@H](c1ccccc1)c1ccc(NC(=S)NC2CC2)cc1Cl. The molecular weight excluding hydrogens is 326 g/mol. The summed E-state index contributed by atoms with van der Waals surface area (Å²) in [4.78, 5) is 0. The van der Waals surface area contributed by atoms with Crippen molar-refractivity contribution in [2.24, 2.45) is 0 Å². The number of nitrogens with one attached hydrogen (secondary N) is 2. The van der Waals surface area contributed by atoms with E-state index in [1.54, 1.807) is 0 Å². The van der Waals surface area contributed by atoms with Gasteiger partial charge in [0.15, 0.2) is 5.11 Å². The molecule has 0 bridgehead atoms. The summed E-state index contributed by atoms with van der Waals surface area (Å²) in [6, 6.07) is 18.1. The van der Waals surface area contributed by atoms with Crippen LogP contribution in [0.4, 0.5) is 5.69 Å². The molecule has 0 aliphatic heterocycles. The summed E-state index contributed by atoms with van der Waals surface area (Å²) >= 11 is 11.7. The van der Waals surface area contributed by atoms with Crippen molar-refractivity contribution in [1.82, 2.24) is 5.32 Å². The van der Waals surface area contributed by atoms with E-state index in [2.05, 4.69) is 16.7 Å². The van der Waals surface area contributed by atoms with Gasteiger partial charge in [-0.25, -0.2) is 0 Å². The van der Waals surface area contributed by atoms with Crippen LogP contribution in [0.25, 0.3) is 0 Å². The largest absolute Gasteiger partial charge is 0.360 e. The summed E-state index contributed by atoms with van der Waals surface area (Å²) in [5.74, 6) is -0.380. The van der Waals surface area contributed by atoms with Gasteiger partial charge in [0.05, 0.1) is 12.0 Å². The third-order valence-corrected chi connectivity index (χ3v) is 4.29. The summed E-state index contributed by atoms with van der Waals surface area (Å²) in [6.07, 6.45) is 2.34. The lowest BCUT2D eigenvalue weighted by Crippen LogP contribution is -2.30. The standard InChI is InChI=1S/C18H16ClN3S/c19-17-10-14(22-18(23)21-13-6-7-13)8-9-15(17)16(11-20)12-4-2-1-3-5-12/h1-5,8-10,13,16H,6-7H2,(H2,21,22,23)/t16-/m0/s1. The Morgan fingerprint density at radius 2 is 1.96 bits per heavy atom. The van der Waals surface area contributed by atoms with Crippen LogP contribution in [0.2, 0.25) is 5.02 Å². The van der Waals surface area contributed by atoms with Crippen LogP contribution in [-0.4, -0.2) is 11.2 Å². The van der Waals surface area contributed by atoms with E-state index in [4.69, 9.17) is 23.8 Å². The number of halogens is 1.